The van der Waals surface area contributed by atoms with E-state index in [9.17, 15) is 14.9 Å². The highest BCUT2D eigenvalue weighted by molar-refractivity contribution is 5.91. The predicted molar refractivity (Wildman–Crippen MR) is 80.4 cm³/mol. The molecule has 0 aliphatic rings. The second-order valence-electron chi connectivity index (χ2n) is 4.51. The van der Waals surface area contributed by atoms with Gasteiger partial charge in [-0.1, -0.05) is 0 Å². The number of rotatable bonds is 5. The second kappa shape index (κ2) is 6.12. The van der Waals surface area contributed by atoms with Gasteiger partial charge in [0.15, 0.2) is 0 Å². The third-order valence-corrected chi connectivity index (χ3v) is 2.86. The van der Waals surface area contributed by atoms with Crippen molar-refractivity contribution in [3.05, 3.63) is 34.6 Å². The first-order valence-electron chi connectivity index (χ1n) is 6.30. The maximum absolute atomic E-state index is 11.2. The molecular formula is C13H15N5O4. The van der Waals surface area contributed by atoms with E-state index < -0.39 is 4.92 Å². The Kier molecular flexibility index (Phi) is 4.25. The molecule has 0 fully saturated rings. The van der Waals surface area contributed by atoms with Crippen molar-refractivity contribution in [2.75, 3.05) is 17.7 Å². The van der Waals surface area contributed by atoms with Crippen molar-refractivity contribution >= 4 is 28.9 Å². The van der Waals surface area contributed by atoms with Crippen molar-refractivity contribution in [1.29, 1.82) is 0 Å². The van der Waals surface area contributed by atoms with Crippen LogP contribution in [0.2, 0.25) is 0 Å². The second-order valence-corrected chi connectivity index (χ2v) is 4.51. The zero-order chi connectivity index (χ0) is 16.3. The lowest BCUT2D eigenvalue weighted by atomic mass is 10.2. The minimum Gasteiger partial charge on any atom is -0.495 e. The van der Waals surface area contributed by atoms with Crippen LogP contribution >= 0.6 is 0 Å². The van der Waals surface area contributed by atoms with Crippen LogP contribution in [0, 0.1) is 10.1 Å². The van der Waals surface area contributed by atoms with Crippen LogP contribution in [-0.4, -0.2) is 27.5 Å². The highest BCUT2D eigenvalue weighted by atomic mass is 16.6. The van der Waals surface area contributed by atoms with E-state index in [0.717, 1.165) is 0 Å². The van der Waals surface area contributed by atoms with Crippen molar-refractivity contribution in [2.24, 2.45) is 7.05 Å². The average Bonchev–Trinajstić information content (AvgIpc) is 2.80. The van der Waals surface area contributed by atoms with Crippen LogP contribution in [0.15, 0.2) is 24.5 Å². The van der Waals surface area contributed by atoms with Gasteiger partial charge in [-0.25, -0.2) is 0 Å². The van der Waals surface area contributed by atoms with E-state index >= 15 is 0 Å². The monoisotopic (exact) mass is 305 g/mol. The Bertz CT molecular complexity index is 725. The molecule has 0 aliphatic heterocycles. The molecule has 0 atom stereocenters. The fourth-order valence-corrected chi connectivity index (χ4v) is 1.91. The van der Waals surface area contributed by atoms with Gasteiger partial charge >= 0.3 is 5.82 Å². The molecule has 1 heterocycles. The summed E-state index contributed by atoms with van der Waals surface area (Å²) in [6.45, 7) is 1.38. The number of aryl methyl sites for hydroxylation is 1. The Labute approximate surface area is 126 Å². The Morgan fingerprint density at radius 3 is 2.77 bits per heavy atom. The average molecular weight is 305 g/mol. The van der Waals surface area contributed by atoms with Gasteiger partial charge in [0.1, 0.15) is 5.75 Å². The van der Waals surface area contributed by atoms with Crippen LogP contribution in [0.1, 0.15) is 6.92 Å². The molecule has 9 nitrogen and oxygen atoms in total. The molecule has 0 radical (unpaired) electrons. The fraction of sp³-hybridized carbons (Fsp3) is 0.231. The van der Waals surface area contributed by atoms with E-state index in [2.05, 4.69) is 15.6 Å². The van der Waals surface area contributed by atoms with Gasteiger partial charge in [0.25, 0.3) is 0 Å². The topological polar surface area (TPSA) is 111 Å². The number of nitro groups is 1. The van der Waals surface area contributed by atoms with Crippen molar-refractivity contribution in [2.45, 2.75) is 6.92 Å². The SMILES string of the molecule is COc1ccc(Nc2c([N+](=O)[O-])ncn2C)cc1NC(C)=O. The summed E-state index contributed by atoms with van der Waals surface area (Å²) >= 11 is 0. The highest BCUT2D eigenvalue weighted by Crippen LogP contribution is 2.31. The first-order valence-corrected chi connectivity index (χ1v) is 6.30. The molecule has 0 unspecified atom stereocenters. The number of amides is 1. The lowest BCUT2D eigenvalue weighted by Gasteiger charge is -2.12. The summed E-state index contributed by atoms with van der Waals surface area (Å²) in [7, 11) is 3.13. The third kappa shape index (κ3) is 3.14. The van der Waals surface area contributed by atoms with Crippen LogP contribution < -0.4 is 15.4 Å². The Morgan fingerprint density at radius 1 is 1.45 bits per heavy atom. The number of methoxy groups -OCH3 is 1. The summed E-state index contributed by atoms with van der Waals surface area (Å²) in [5, 5.41) is 16.5. The number of ether oxygens (including phenoxy) is 1. The molecule has 0 bridgehead atoms. The quantitative estimate of drug-likeness (QED) is 0.646. The number of hydrogen-bond donors (Lipinski definition) is 2. The molecule has 0 aliphatic carbocycles. The number of carbonyl (C=O) groups excluding carboxylic acids is 1. The van der Waals surface area contributed by atoms with Gasteiger partial charge in [0.05, 0.1) is 12.8 Å². The van der Waals surface area contributed by atoms with E-state index in [0.29, 0.717) is 17.1 Å². The fourth-order valence-electron chi connectivity index (χ4n) is 1.91. The van der Waals surface area contributed by atoms with Crippen molar-refractivity contribution in [1.82, 2.24) is 9.55 Å². The molecule has 1 aromatic carbocycles. The largest absolute Gasteiger partial charge is 0.495 e. The summed E-state index contributed by atoms with van der Waals surface area (Å²) in [5.41, 5.74) is 1.01. The van der Waals surface area contributed by atoms with Gasteiger partial charge in [0.2, 0.25) is 18.1 Å². The molecule has 116 valence electrons. The lowest BCUT2D eigenvalue weighted by molar-refractivity contribution is -0.388. The van der Waals surface area contributed by atoms with Gasteiger partial charge < -0.3 is 25.5 Å². The molecule has 1 aromatic heterocycles. The lowest BCUT2D eigenvalue weighted by Crippen LogP contribution is -2.08. The van der Waals surface area contributed by atoms with Gasteiger partial charge in [-0.05, 0) is 28.1 Å². The Balaban J connectivity index is 2.36. The Morgan fingerprint density at radius 2 is 2.18 bits per heavy atom. The molecule has 2 rings (SSSR count). The predicted octanol–water partition coefficient (Wildman–Crippen LogP) is 2.04. The van der Waals surface area contributed by atoms with E-state index in [4.69, 9.17) is 4.74 Å². The molecule has 2 N–H and O–H groups in total. The number of carbonyl (C=O) groups is 1. The smallest absolute Gasteiger partial charge is 0.406 e. The van der Waals surface area contributed by atoms with Crippen molar-refractivity contribution < 1.29 is 14.5 Å². The number of benzene rings is 1. The van der Waals surface area contributed by atoms with Crippen LogP contribution in [0.3, 0.4) is 0 Å². The van der Waals surface area contributed by atoms with Gasteiger partial charge in [-0.3, -0.25) is 9.36 Å². The zero-order valence-corrected chi connectivity index (χ0v) is 12.3. The van der Waals surface area contributed by atoms with Crippen molar-refractivity contribution in [3.63, 3.8) is 0 Å². The van der Waals surface area contributed by atoms with E-state index in [1.165, 1.54) is 24.9 Å². The number of anilines is 3. The molecular weight excluding hydrogens is 290 g/mol. The van der Waals surface area contributed by atoms with E-state index in [1.54, 1.807) is 25.2 Å². The first kappa shape index (κ1) is 15.3. The number of nitrogens with one attached hydrogen (secondary N) is 2. The van der Waals surface area contributed by atoms with E-state index in [-0.39, 0.29) is 17.5 Å². The molecule has 0 saturated heterocycles. The highest BCUT2D eigenvalue weighted by Gasteiger charge is 2.20. The molecule has 0 spiro atoms. The summed E-state index contributed by atoms with van der Waals surface area (Å²) in [6, 6.07) is 4.95. The number of aromatic nitrogens is 2. The maximum Gasteiger partial charge on any atom is 0.406 e. The number of hydrogen-bond acceptors (Lipinski definition) is 6. The van der Waals surface area contributed by atoms with E-state index in [1.807, 2.05) is 0 Å². The van der Waals surface area contributed by atoms with Crippen LogP contribution in [0.5, 0.6) is 5.75 Å². The Hall–Kier alpha value is -3.10. The van der Waals surface area contributed by atoms with Gasteiger partial charge in [0, 0.05) is 19.7 Å². The standard InChI is InChI=1S/C13H15N5O4/c1-8(19)15-10-6-9(4-5-11(10)22-3)16-13-12(18(20)21)14-7-17(13)2/h4-7,16H,1-3H3,(H,15,19). The summed E-state index contributed by atoms with van der Waals surface area (Å²) < 4.78 is 6.65. The van der Waals surface area contributed by atoms with Crippen molar-refractivity contribution in [3.8, 4) is 5.75 Å². The van der Waals surface area contributed by atoms with Crippen LogP contribution in [-0.2, 0) is 11.8 Å². The maximum atomic E-state index is 11.2. The summed E-state index contributed by atoms with van der Waals surface area (Å²) in [5.74, 6) is 0.200. The molecule has 2 aromatic rings. The van der Waals surface area contributed by atoms with Gasteiger partial charge in [-0.15, -0.1) is 0 Å². The van der Waals surface area contributed by atoms with Gasteiger partial charge in [-0.2, -0.15) is 0 Å². The molecule has 9 heteroatoms. The molecule has 0 saturated carbocycles. The molecule has 1 amide bonds. The molecule has 22 heavy (non-hydrogen) atoms. The number of nitrogens with zero attached hydrogens (tertiary/aromatic N) is 3. The first-order chi connectivity index (χ1) is 10.4. The number of imidazole rings is 1. The van der Waals surface area contributed by atoms with Crippen LogP contribution in [0.25, 0.3) is 0 Å². The normalized spacial score (nSPS) is 10.1. The summed E-state index contributed by atoms with van der Waals surface area (Å²) in [4.78, 5) is 25.3. The van der Waals surface area contributed by atoms with Crippen LogP contribution in [0.4, 0.5) is 23.0 Å². The third-order valence-electron chi connectivity index (χ3n) is 2.86. The zero-order valence-electron chi connectivity index (χ0n) is 12.3. The summed E-state index contributed by atoms with van der Waals surface area (Å²) in [6.07, 6.45) is 1.35. The minimum absolute atomic E-state index is 0.240. The minimum atomic E-state index is -0.569.